The van der Waals surface area contributed by atoms with Crippen molar-refractivity contribution in [1.82, 2.24) is 19.9 Å². The SMILES string of the molecule is CC(C)CC(c1nc2ccc(-c3ccncc3)cc2[nH]1)N(CC(F)(F)F)C(=O)OC(C)(C)C. The van der Waals surface area contributed by atoms with Crippen molar-refractivity contribution in [1.29, 1.82) is 0 Å². The molecular formula is C24H29F3N4O2. The van der Waals surface area contributed by atoms with Gasteiger partial charge < -0.3 is 9.72 Å². The number of fused-ring (bicyclic) bond motifs is 1. The lowest BCUT2D eigenvalue weighted by molar-refractivity contribution is -0.150. The van der Waals surface area contributed by atoms with Crippen molar-refractivity contribution in [3.63, 3.8) is 0 Å². The summed E-state index contributed by atoms with van der Waals surface area (Å²) < 4.78 is 45.7. The number of nitrogens with one attached hydrogen (secondary N) is 1. The zero-order chi connectivity index (χ0) is 24.4. The number of aromatic amines is 1. The number of hydrogen-bond donors (Lipinski definition) is 1. The molecule has 1 aromatic carbocycles. The summed E-state index contributed by atoms with van der Waals surface area (Å²) >= 11 is 0. The quantitative estimate of drug-likeness (QED) is 0.453. The molecule has 1 N–H and O–H groups in total. The summed E-state index contributed by atoms with van der Waals surface area (Å²) in [5.74, 6) is 0.300. The summed E-state index contributed by atoms with van der Waals surface area (Å²) in [5, 5.41) is 0. The molecule has 0 aliphatic rings. The highest BCUT2D eigenvalue weighted by Gasteiger charge is 2.40. The Balaban J connectivity index is 2.04. The van der Waals surface area contributed by atoms with Gasteiger partial charge in [-0.15, -0.1) is 0 Å². The zero-order valence-corrected chi connectivity index (χ0v) is 19.4. The molecule has 1 amide bonds. The third-order valence-corrected chi connectivity index (χ3v) is 4.88. The first kappa shape index (κ1) is 24.5. The monoisotopic (exact) mass is 462 g/mol. The van der Waals surface area contributed by atoms with Crippen LogP contribution in [-0.2, 0) is 4.74 Å². The van der Waals surface area contributed by atoms with E-state index in [1.54, 1.807) is 39.2 Å². The minimum atomic E-state index is -4.59. The number of imidazole rings is 1. The average molecular weight is 463 g/mol. The van der Waals surface area contributed by atoms with E-state index in [1.165, 1.54) is 0 Å². The second kappa shape index (κ2) is 9.41. The number of carbonyl (C=O) groups excluding carboxylic acids is 1. The molecule has 3 rings (SSSR count). The topological polar surface area (TPSA) is 71.1 Å². The van der Waals surface area contributed by atoms with Crippen molar-refractivity contribution < 1.29 is 22.7 Å². The van der Waals surface area contributed by atoms with Gasteiger partial charge in [-0.3, -0.25) is 9.88 Å². The minimum absolute atomic E-state index is 0.00811. The Morgan fingerprint density at radius 3 is 2.33 bits per heavy atom. The molecule has 33 heavy (non-hydrogen) atoms. The van der Waals surface area contributed by atoms with E-state index >= 15 is 0 Å². The number of ether oxygens (including phenoxy) is 1. The van der Waals surface area contributed by atoms with Gasteiger partial charge in [0.25, 0.3) is 0 Å². The zero-order valence-electron chi connectivity index (χ0n) is 19.4. The van der Waals surface area contributed by atoms with Gasteiger partial charge in [-0.25, -0.2) is 9.78 Å². The Morgan fingerprint density at radius 1 is 1.09 bits per heavy atom. The molecule has 9 heteroatoms. The van der Waals surface area contributed by atoms with Crippen molar-refractivity contribution in [2.45, 2.75) is 58.9 Å². The number of halogens is 3. The number of hydrogen-bond acceptors (Lipinski definition) is 4. The van der Waals surface area contributed by atoms with Crippen LogP contribution < -0.4 is 0 Å². The van der Waals surface area contributed by atoms with Crippen molar-refractivity contribution in [2.75, 3.05) is 6.54 Å². The number of benzene rings is 1. The molecule has 178 valence electrons. The first-order chi connectivity index (χ1) is 15.3. The van der Waals surface area contributed by atoms with Gasteiger partial charge in [-0.05, 0) is 68.5 Å². The Bertz CT molecular complexity index is 1090. The van der Waals surface area contributed by atoms with Gasteiger partial charge in [0.1, 0.15) is 18.0 Å². The first-order valence-electron chi connectivity index (χ1n) is 10.8. The van der Waals surface area contributed by atoms with Crippen LogP contribution in [0.3, 0.4) is 0 Å². The van der Waals surface area contributed by atoms with Gasteiger partial charge in [0.2, 0.25) is 0 Å². The van der Waals surface area contributed by atoms with Crippen LogP contribution in [0.25, 0.3) is 22.2 Å². The van der Waals surface area contributed by atoms with Crippen LogP contribution in [-0.4, -0.2) is 44.3 Å². The summed E-state index contributed by atoms with van der Waals surface area (Å²) in [6, 6.07) is 8.38. The van der Waals surface area contributed by atoms with E-state index in [4.69, 9.17) is 4.74 Å². The number of amides is 1. The lowest BCUT2D eigenvalue weighted by Crippen LogP contribution is -2.44. The van der Waals surface area contributed by atoms with Crippen LogP contribution in [0.2, 0.25) is 0 Å². The Labute approximate surface area is 191 Å². The van der Waals surface area contributed by atoms with E-state index in [0.29, 0.717) is 16.9 Å². The summed E-state index contributed by atoms with van der Waals surface area (Å²) in [6.45, 7) is 7.20. The minimum Gasteiger partial charge on any atom is -0.444 e. The normalized spacial score (nSPS) is 13.4. The smallest absolute Gasteiger partial charge is 0.411 e. The second-order valence-electron chi connectivity index (χ2n) is 9.46. The maximum absolute atomic E-state index is 13.5. The molecule has 0 spiro atoms. The van der Waals surface area contributed by atoms with Crippen LogP contribution in [0.5, 0.6) is 0 Å². The number of H-pyrrole nitrogens is 1. The maximum atomic E-state index is 13.5. The van der Waals surface area contributed by atoms with Gasteiger partial charge >= 0.3 is 12.3 Å². The summed E-state index contributed by atoms with van der Waals surface area (Å²) in [4.78, 5) is 25.3. The summed E-state index contributed by atoms with van der Waals surface area (Å²) in [5.41, 5.74) is 2.21. The number of alkyl halides is 3. The van der Waals surface area contributed by atoms with Crippen molar-refractivity contribution >= 4 is 17.1 Å². The fraction of sp³-hybridized carbons (Fsp3) is 0.458. The van der Waals surface area contributed by atoms with Crippen LogP contribution in [0, 0.1) is 5.92 Å². The molecular weight excluding hydrogens is 433 g/mol. The van der Waals surface area contributed by atoms with E-state index in [0.717, 1.165) is 16.0 Å². The predicted octanol–water partition coefficient (Wildman–Crippen LogP) is 6.51. The van der Waals surface area contributed by atoms with E-state index < -0.39 is 30.5 Å². The lowest BCUT2D eigenvalue weighted by Gasteiger charge is -2.34. The number of rotatable bonds is 6. The molecule has 3 aromatic rings. The fourth-order valence-electron chi connectivity index (χ4n) is 3.56. The molecule has 0 saturated heterocycles. The molecule has 0 fully saturated rings. The molecule has 0 bridgehead atoms. The molecule has 0 aliphatic carbocycles. The Hall–Kier alpha value is -3.10. The standard InChI is InChI=1S/C24H29F3N4O2/c1-15(2)12-20(31(14-24(25,26)27)22(32)33-23(3,4)5)21-29-18-7-6-17(13-19(18)30-21)16-8-10-28-11-9-16/h6-11,13,15,20H,12,14H2,1-5H3,(H,29,30). The maximum Gasteiger partial charge on any atom is 0.411 e. The third-order valence-electron chi connectivity index (χ3n) is 4.88. The van der Waals surface area contributed by atoms with Crippen LogP contribution in [0.15, 0.2) is 42.7 Å². The van der Waals surface area contributed by atoms with E-state index in [2.05, 4.69) is 15.0 Å². The first-order valence-corrected chi connectivity index (χ1v) is 10.8. The van der Waals surface area contributed by atoms with Gasteiger partial charge in [0.05, 0.1) is 17.1 Å². The number of aromatic nitrogens is 3. The fourth-order valence-corrected chi connectivity index (χ4v) is 3.56. The number of pyridine rings is 1. The van der Waals surface area contributed by atoms with Crippen LogP contribution >= 0.6 is 0 Å². The van der Waals surface area contributed by atoms with Crippen LogP contribution in [0.1, 0.15) is 52.9 Å². The van der Waals surface area contributed by atoms with Crippen molar-refractivity contribution in [3.05, 3.63) is 48.5 Å². The van der Waals surface area contributed by atoms with Crippen molar-refractivity contribution in [3.8, 4) is 11.1 Å². The molecule has 0 aliphatic heterocycles. The number of carbonyl (C=O) groups is 1. The van der Waals surface area contributed by atoms with Gasteiger partial charge in [-0.2, -0.15) is 13.2 Å². The highest BCUT2D eigenvalue weighted by molar-refractivity contribution is 5.82. The van der Waals surface area contributed by atoms with E-state index in [-0.39, 0.29) is 12.3 Å². The van der Waals surface area contributed by atoms with Gasteiger partial charge in [0, 0.05) is 12.4 Å². The van der Waals surface area contributed by atoms with Crippen molar-refractivity contribution in [2.24, 2.45) is 5.92 Å². The van der Waals surface area contributed by atoms with Crippen LogP contribution in [0.4, 0.5) is 18.0 Å². The Morgan fingerprint density at radius 2 is 1.76 bits per heavy atom. The van der Waals surface area contributed by atoms with E-state index in [1.807, 2.05) is 38.1 Å². The molecule has 6 nitrogen and oxygen atoms in total. The van der Waals surface area contributed by atoms with Gasteiger partial charge in [0.15, 0.2) is 0 Å². The summed E-state index contributed by atoms with van der Waals surface area (Å²) in [6.07, 6.45) is -1.96. The predicted molar refractivity (Wildman–Crippen MR) is 121 cm³/mol. The summed E-state index contributed by atoms with van der Waals surface area (Å²) in [7, 11) is 0. The van der Waals surface area contributed by atoms with Gasteiger partial charge in [-0.1, -0.05) is 19.9 Å². The lowest BCUT2D eigenvalue weighted by atomic mass is 10.0. The number of nitrogens with zero attached hydrogens (tertiary/aromatic N) is 3. The molecule has 0 saturated carbocycles. The van der Waals surface area contributed by atoms with E-state index in [9.17, 15) is 18.0 Å². The molecule has 1 atom stereocenters. The molecule has 0 radical (unpaired) electrons. The second-order valence-corrected chi connectivity index (χ2v) is 9.46. The Kier molecular flexibility index (Phi) is 7.00. The molecule has 1 unspecified atom stereocenters. The highest BCUT2D eigenvalue weighted by atomic mass is 19.4. The highest BCUT2D eigenvalue weighted by Crippen LogP contribution is 2.33. The third kappa shape index (κ3) is 6.69. The molecule has 2 heterocycles. The molecule has 2 aromatic heterocycles. The average Bonchev–Trinajstić information content (AvgIpc) is 3.12. The largest absolute Gasteiger partial charge is 0.444 e.